The molecule has 0 radical (unpaired) electrons. The van der Waals surface area contributed by atoms with E-state index in [0.29, 0.717) is 25.5 Å². The summed E-state index contributed by atoms with van der Waals surface area (Å²) in [6, 6.07) is 0. The van der Waals surface area contributed by atoms with E-state index in [1.54, 1.807) is 6.34 Å². The van der Waals surface area contributed by atoms with Gasteiger partial charge in [0.15, 0.2) is 11.6 Å². The van der Waals surface area contributed by atoms with E-state index in [4.69, 9.17) is 0 Å². The molecule has 2 aliphatic rings. The molecule has 0 saturated carbocycles. The van der Waals surface area contributed by atoms with E-state index in [0.717, 1.165) is 0 Å². The van der Waals surface area contributed by atoms with Gasteiger partial charge in [-0.2, -0.15) is 0 Å². The van der Waals surface area contributed by atoms with Crippen molar-refractivity contribution >= 4 is 12.2 Å². The average Bonchev–Trinajstić information content (AvgIpc) is 2.03. The van der Waals surface area contributed by atoms with Crippen molar-refractivity contribution < 1.29 is 5.11 Å². The maximum absolute atomic E-state index is 9.77. The van der Waals surface area contributed by atoms with Crippen LogP contribution in [0.4, 0.5) is 0 Å². The van der Waals surface area contributed by atoms with Crippen LogP contribution in [0, 0.1) is 0 Å². The van der Waals surface area contributed by atoms with Crippen LogP contribution in [0.15, 0.2) is 9.98 Å². The molecule has 2 rings (SSSR count). The lowest BCUT2D eigenvalue weighted by Crippen LogP contribution is -2.63. The van der Waals surface area contributed by atoms with Crippen molar-refractivity contribution in [2.24, 2.45) is 9.98 Å². The Labute approximate surface area is 64.2 Å². The van der Waals surface area contributed by atoms with Gasteiger partial charge in [0.2, 0.25) is 0 Å². The van der Waals surface area contributed by atoms with Crippen LogP contribution in [0.2, 0.25) is 0 Å². The van der Waals surface area contributed by atoms with E-state index in [1.807, 2.05) is 0 Å². The summed E-state index contributed by atoms with van der Waals surface area (Å²) in [6.45, 7) is 1.76. The molecule has 11 heavy (non-hydrogen) atoms. The van der Waals surface area contributed by atoms with Gasteiger partial charge in [0.1, 0.15) is 0 Å². The van der Waals surface area contributed by atoms with Crippen LogP contribution < -0.4 is 10.6 Å². The highest BCUT2D eigenvalue weighted by molar-refractivity contribution is 5.99. The summed E-state index contributed by atoms with van der Waals surface area (Å²) in [5, 5.41) is 15.5. The Balaban J connectivity index is 2.30. The van der Waals surface area contributed by atoms with Gasteiger partial charge in [-0.1, -0.05) is 0 Å². The predicted molar refractivity (Wildman–Crippen MR) is 41.7 cm³/mol. The van der Waals surface area contributed by atoms with E-state index in [9.17, 15) is 5.11 Å². The van der Waals surface area contributed by atoms with Gasteiger partial charge in [-0.15, -0.1) is 0 Å². The van der Waals surface area contributed by atoms with Gasteiger partial charge in [-0.3, -0.25) is 15.3 Å². The first kappa shape index (κ1) is 6.75. The maximum atomic E-state index is 9.77. The minimum atomic E-state index is -1.03. The number of nitrogens with one attached hydrogen (secondary N) is 2. The first-order valence-corrected chi connectivity index (χ1v) is 3.58. The monoisotopic (exact) mass is 154 g/mol. The summed E-state index contributed by atoms with van der Waals surface area (Å²) in [6.07, 6.45) is 1.56. The number of rotatable bonds is 0. The molecule has 60 valence electrons. The van der Waals surface area contributed by atoms with Gasteiger partial charge < -0.3 is 10.4 Å². The quantitative estimate of drug-likeness (QED) is 0.390. The zero-order valence-corrected chi connectivity index (χ0v) is 6.04. The molecule has 0 aromatic carbocycles. The SMILES string of the molecule is OC12CN=CNC1=NCCN2. The fourth-order valence-corrected chi connectivity index (χ4v) is 1.23. The summed E-state index contributed by atoms with van der Waals surface area (Å²) < 4.78 is 0. The molecule has 1 atom stereocenters. The summed E-state index contributed by atoms with van der Waals surface area (Å²) in [5.74, 6) is 0.582. The van der Waals surface area contributed by atoms with Crippen molar-refractivity contribution in [1.82, 2.24) is 10.6 Å². The molecule has 0 aromatic rings. The lowest BCUT2D eigenvalue weighted by atomic mass is 10.1. The Morgan fingerprint density at radius 3 is 3.36 bits per heavy atom. The predicted octanol–water partition coefficient (Wildman–Crippen LogP) is -1.69. The number of aliphatic hydroxyl groups is 1. The van der Waals surface area contributed by atoms with Crippen LogP contribution in [-0.2, 0) is 0 Å². The Kier molecular flexibility index (Phi) is 1.40. The van der Waals surface area contributed by atoms with E-state index in [-0.39, 0.29) is 0 Å². The smallest absolute Gasteiger partial charge is 0.194 e. The molecule has 5 nitrogen and oxygen atoms in total. The second-order valence-electron chi connectivity index (χ2n) is 2.63. The Morgan fingerprint density at radius 2 is 2.55 bits per heavy atom. The fourth-order valence-electron chi connectivity index (χ4n) is 1.23. The molecule has 3 N–H and O–H groups in total. The topological polar surface area (TPSA) is 69.0 Å². The molecule has 1 unspecified atom stereocenters. The van der Waals surface area contributed by atoms with Crippen molar-refractivity contribution in [2.45, 2.75) is 5.72 Å². The first-order chi connectivity index (χ1) is 5.31. The van der Waals surface area contributed by atoms with E-state index in [2.05, 4.69) is 20.6 Å². The number of hydrogen-bond donors (Lipinski definition) is 3. The lowest BCUT2D eigenvalue weighted by Gasteiger charge is -2.34. The third-order valence-corrected chi connectivity index (χ3v) is 1.80. The molecule has 0 spiro atoms. The zero-order valence-electron chi connectivity index (χ0n) is 6.04. The third-order valence-electron chi connectivity index (χ3n) is 1.80. The van der Waals surface area contributed by atoms with Crippen molar-refractivity contribution in [3.63, 3.8) is 0 Å². The Morgan fingerprint density at radius 1 is 1.64 bits per heavy atom. The molecular weight excluding hydrogens is 144 g/mol. The summed E-state index contributed by atoms with van der Waals surface area (Å²) >= 11 is 0. The number of amidine groups is 1. The van der Waals surface area contributed by atoms with Gasteiger partial charge in [0.25, 0.3) is 0 Å². The molecule has 0 fully saturated rings. The van der Waals surface area contributed by atoms with Crippen molar-refractivity contribution in [3.05, 3.63) is 0 Å². The van der Waals surface area contributed by atoms with Gasteiger partial charge in [-0.05, 0) is 0 Å². The fraction of sp³-hybridized carbons (Fsp3) is 0.667. The minimum absolute atomic E-state index is 0.346. The summed E-state index contributed by atoms with van der Waals surface area (Å²) in [7, 11) is 0. The lowest BCUT2D eigenvalue weighted by molar-refractivity contribution is 0.0759. The molecule has 5 heteroatoms. The number of nitrogens with zero attached hydrogens (tertiary/aromatic N) is 2. The Bertz CT molecular complexity index is 225. The first-order valence-electron chi connectivity index (χ1n) is 3.58. The van der Waals surface area contributed by atoms with Crippen molar-refractivity contribution in [1.29, 1.82) is 0 Å². The second-order valence-corrected chi connectivity index (χ2v) is 2.63. The molecule has 0 amide bonds. The molecule has 0 aliphatic carbocycles. The zero-order chi connectivity index (χ0) is 7.73. The van der Waals surface area contributed by atoms with Crippen molar-refractivity contribution in [3.8, 4) is 0 Å². The third kappa shape index (κ3) is 1.02. The summed E-state index contributed by atoms with van der Waals surface area (Å²) in [5.41, 5.74) is -1.03. The highest BCUT2D eigenvalue weighted by atomic mass is 16.3. The number of fused-ring (bicyclic) bond motifs is 1. The summed E-state index contributed by atoms with van der Waals surface area (Å²) in [4.78, 5) is 8.03. The van der Waals surface area contributed by atoms with E-state index in [1.165, 1.54) is 0 Å². The minimum Gasteiger partial charge on any atom is -0.367 e. The van der Waals surface area contributed by atoms with Crippen LogP contribution in [0.1, 0.15) is 0 Å². The Hall–Kier alpha value is -0.940. The molecule has 0 saturated heterocycles. The highest BCUT2D eigenvalue weighted by Gasteiger charge is 2.36. The average molecular weight is 154 g/mol. The van der Waals surface area contributed by atoms with Gasteiger partial charge in [0.05, 0.1) is 19.4 Å². The van der Waals surface area contributed by atoms with Gasteiger partial charge in [0, 0.05) is 6.54 Å². The molecule has 0 bridgehead atoms. The van der Waals surface area contributed by atoms with Crippen LogP contribution in [0.25, 0.3) is 0 Å². The normalized spacial score (nSPS) is 35.5. The molecule has 0 aromatic heterocycles. The highest BCUT2D eigenvalue weighted by Crippen LogP contribution is 2.08. The largest absolute Gasteiger partial charge is 0.367 e. The standard InChI is InChI=1S/C6H10N4O/c11-6-3-7-4-9-5(6)8-1-2-10-6/h4,10-11H,1-3H2,(H,7,8,9). The van der Waals surface area contributed by atoms with Gasteiger partial charge >= 0.3 is 0 Å². The number of hydrogen-bond acceptors (Lipinski definition) is 5. The van der Waals surface area contributed by atoms with Crippen LogP contribution >= 0.6 is 0 Å². The molecule has 2 heterocycles. The van der Waals surface area contributed by atoms with Crippen LogP contribution in [0.3, 0.4) is 0 Å². The molecular formula is C6H10N4O. The second kappa shape index (κ2) is 2.28. The van der Waals surface area contributed by atoms with Gasteiger partial charge in [-0.25, -0.2) is 0 Å². The van der Waals surface area contributed by atoms with E-state index < -0.39 is 5.72 Å². The van der Waals surface area contributed by atoms with Crippen LogP contribution in [0.5, 0.6) is 0 Å². The van der Waals surface area contributed by atoms with Crippen LogP contribution in [-0.4, -0.2) is 42.6 Å². The maximum Gasteiger partial charge on any atom is 0.194 e. The van der Waals surface area contributed by atoms with E-state index >= 15 is 0 Å². The molecule has 2 aliphatic heterocycles. The van der Waals surface area contributed by atoms with Crippen molar-refractivity contribution in [2.75, 3.05) is 19.6 Å². The number of aliphatic imine (C=N–C) groups is 2.